The predicted octanol–water partition coefficient (Wildman–Crippen LogP) is 2.83. The summed E-state index contributed by atoms with van der Waals surface area (Å²) in [6, 6.07) is 4.00. The second-order valence-electron chi connectivity index (χ2n) is 3.66. The van der Waals surface area contributed by atoms with Gasteiger partial charge in [-0.1, -0.05) is 6.07 Å². The average molecular weight is 257 g/mol. The Morgan fingerprint density at radius 2 is 2.11 bits per heavy atom. The predicted molar refractivity (Wildman–Crippen MR) is 63.2 cm³/mol. The van der Waals surface area contributed by atoms with Crippen LogP contribution in [0, 0.1) is 12.3 Å². The van der Waals surface area contributed by atoms with Gasteiger partial charge >= 0.3 is 6.18 Å². The highest BCUT2D eigenvalue weighted by molar-refractivity contribution is 5.39. The van der Waals surface area contributed by atoms with Gasteiger partial charge in [0, 0.05) is 13.0 Å². The van der Waals surface area contributed by atoms with E-state index in [4.69, 9.17) is 11.2 Å². The third-order valence-electron chi connectivity index (χ3n) is 2.23. The molecule has 0 radical (unpaired) electrons. The third-order valence-corrected chi connectivity index (χ3v) is 2.23. The first-order valence-corrected chi connectivity index (χ1v) is 5.40. The lowest BCUT2D eigenvalue weighted by Crippen LogP contribution is -2.12. The van der Waals surface area contributed by atoms with Gasteiger partial charge in [0.2, 0.25) is 0 Å². The Labute approximate surface area is 104 Å². The van der Waals surface area contributed by atoms with Crippen molar-refractivity contribution in [2.75, 3.05) is 13.7 Å². The van der Waals surface area contributed by atoms with Crippen molar-refractivity contribution < 1.29 is 17.9 Å². The highest BCUT2D eigenvalue weighted by Crippen LogP contribution is 2.36. The molecule has 0 aliphatic heterocycles. The fraction of sp³-hybridized carbons (Fsp3) is 0.385. The molecule has 1 rings (SSSR count). The molecule has 0 heterocycles. The Bertz CT molecular complexity index is 435. The first-order chi connectivity index (χ1) is 8.49. The Hall–Kier alpha value is -1.67. The number of hydrogen-bond donors (Lipinski definition) is 1. The fourth-order valence-corrected chi connectivity index (χ4v) is 1.46. The zero-order valence-corrected chi connectivity index (χ0v) is 9.97. The molecule has 0 saturated heterocycles. The zero-order chi connectivity index (χ0) is 13.6. The molecular formula is C13H14F3NO. The van der Waals surface area contributed by atoms with Crippen molar-refractivity contribution in [1.82, 2.24) is 5.32 Å². The minimum Gasteiger partial charge on any atom is -0.492 e. The molecule has 0 atom stereocenters. The van der Waals surface area contributed by atoms with Crippen LogP contribution in [-0.2, 0) is 12.7 Å². The monoisotopic (exact) mass is 257 g/mol. The smallest absolute Gasteiger partial charge is 0.419 e. The van der Waals surface area contributed by atoms with E-state index in [0.29, 0.717) is 12.1 Å². The van der Waals surface area contributed by atoms with E-state index in [9.17, 15) is 13.2 Å². The number of ether oxygens (including phenoxy) is 1. The molecule has 0 spiro atoms. The highest BCUT2D eigenvalue weighted by atomic mass is 19.4. The van der Waals surface area contributed by atoms with Crippen LogP contribution in [0.15, 0.2) is 18.2 Å². The Balaban J connectivity index is 2.98. The molecule has 0 unspecified atom stereocenters. The van der Waals surface area contributed by atoms with Crippen LogP contribution in [0.25, 0.3) is 0 Å². The average Bonchev–Trinajstić information content (AvgIpc) is 2.30. The second kappa shape index (κ2) is 6.31. The first kappa shape index (κ1) is 14.4. The van der Waals surface area contributed by atoms with E-state index in [0.717, 1.165) is 6.07 Å². The molecule has 5 heteroatoms. The number of rotatable bonds is 5. The van der Waals surface area contributed by atoms with Gasteiger partial charge in [0.1, 0.15) is 5.75 Å². The van der Waals surface area contributed by atoms with Crippen LogP contribution >= 0.6 is 0 Å². The van der Waals surface area contributed by atoms with Crippen molar-refractivity contribution in [3.8, 4) is 18.1 Å². The van der Waals surface area contributed by atoms with Crippen LogP contribution in [0.4, 0.5) is 13.2 Å². The van der Waals surface area contributed by atoms with Crippen LogP contribution < -0.4 is 10.1 Å². The molecule has 2 nitrogen and oxygen atoms in total. The van der Waals surface area contributed by atoms with Crippen molar-refractivity contribution in [1.29, 1.82) is 0 Å². The van der Waals surface area contributed by atoms with Gasteiger partial charge in [0.15, 0.2) is 0 Å². The lowest BCUT2D eigenvalue weighted by Gasteiger charge is -2.14. The van der Waals surface area contributed by atoms with E-state index >= 15 is 0 Å². The minimum absolute atomic E-state index is 0.0744. The molecule has 0 aliphatic carbocycles. The molecule has 1 aromatic carbocycles. The number of alkyl halides is 3. The van der Waals surface area contributed by atoms with Gasteiger partial charge in [-0.2, -0.15) is 13.2 Å². The Kier molecular flexibility index (Phi) is 5.05. The van der Waals surface area contributed by atoms with E-state index < -0.39 is 11.7 Å². The van der Waals surface area contributed by atoms with Crippen molar-refractivity contribution in [3.63, 3.8) is 0 Å². The molecule has 0 fully saturated rings. The van der Waals surface area contributed by atoms with E-state index in [2.05, 4.69) is 11.2 Å². The molecule has 0 saturated carbocycles. The van der Waals surface area contributed by atoms with Crippen molar-refractivity contribution in [2.24, 2.45) is 0 Å². The van der Waals surface area contributed by atoms with Gasteiger partial charge in [0.05, 0.1) is 12.2 Å². The summed E-state index contributed by atoms with van der Waals surface area (Å²) < 4.78 is 43.6. The fourth-order valence-electron chi connectivity index (χ4n) is 1.46. The summed E-state index contributed by atoms with van der Waals surface area (Å²) in [7, 11) is 1.67. The number of terminal acetylenes is 1. The van der Waals surface area contributed by atoms with Gasteiger partial charge in [0.25, 0.3) is 0 Å². The number of hydrogen-bond acceptors (Lipinski definition) is 2. The van der Waals surface area contributed by atoms with Gasteiger partial charge in [-0.05, 0) is 24.7 Å². The van der Waals surface area contributed by atoms with Crippen LogP contribution in [0.1, 0.15) is 17.5 Å². The van der Waals surface area contributed by atoms with Crippen LogP contribution in [0.5, 0.6) is 5.75 Å². The summed E-state index contributed by atoms with van der Waals surface area (Å²) in [5.74, 6) is 2.13. The molecule has 0 aromatic heterocycles. The van der Waals surface area contributed by atoms with Gasteiger partial charge in [-0.3, -0.25) is 0 Å². The van der Waals surface area contributed by atoms with Crippen molar-refractivity contribution in [3.05, 3.63) is 29.3 Å². The van der Waals surface area contributed by atoms with Gasteiger partial charge < -0.3 is 10.1 Å². The summed E-state index contributed by atoms with van der Waals surface area (Å²) in [4.78, 5) is 0. The van der Waals surface area contributed by atoms with E-state index in [1.165, 1.54) is 6.07 Å². The normalized spacial score (nSPS) is 11.1. The minimum atomic E-state index is -4.44. The largest absolute Gasteiger partial charge is 0.492 e. The Morgan fingerprint density at radius 1 is 1.39 bits per heavy atom. The quantitative estimate of drug-likeness (QED) is 0.647. The summed E-state index contributed by atoms with van der Waals surface area (Å²) >= 11 is 0. The highest BCUT2D eigenvalue weighted by Gasteiger charge is 2.34. The van der Waals surface area contributed by atoms with E-state index in [1.807, 2.05) is 0 Å². The summed E-state index contributed by atoms with van der Waals surface area (Å²) in [5.41, 5.74) is -0.221. The molecule has 18 heavy (non-hydrogen) atoms. The molecule has 1 N–H and O–H groups in total. The standard InChI is InChI=1S/C13H14F3NO/c1-3-4-7-18-12-6-5-10(9-17-2)8-11(12)13(14,15)16/h1,5-6,8,17H,4,7,9H2,2H3. The molecule has 0 amide bonds. The lowest BCUT2D eigenvalue weighted by molar-refractivity contribution is -0.139. The summed E-state index contributed by atoms with van der Waals surface area (Å²) in [5, 5.41) is 2.80. The Morgan fingerprint density at radius 3 is 2.67 bits per heavy atom. The zero-order valence-electron chi connectivity index (χ0n) is 9.97. The first-order valence-electron chi connectivity index (χ1n) is 5.40. The lowest BCUT2D eigenvalue weighted by atomic mass is 10.1. The number of nitrogens with one attached hydrogen (secondary N) is 1. The van der Waals surface area contributed by atoms with Crippen LogP contribution in [0.3, 0.4) is 0 Å². The van der Waals surface area contributed by atoms with Crippen LogP contribution in [0.2, 0.25) is 0 Å². The van der Waals surface area contributed by atoms with Gasteiger partial charge in [-0.15, -0.1) is 12.3 Å². The van der Waals surface area contributed by atoms with Crippen molar-refractivity contribution in [2.45, 2.75) is 19.1 Å². The number of benzene rings is 1. The third kappa shape index (κ3) is 3.97. The maximum atomic E-state index is 12.8. The topological polar surface area (TPSA) is 21.3 Å². The molecule has 1 aromatic rings. The molecular weight excluding hydrogens is 243 g/mol. The molecule has 98 valence electrons. The van der Waals surface area contributed by atoms with Crippen LogP contribution in [-0.4, -0.2) is 13.7 Å². The molecule has 0 bridgehead atoms. The van der Waals surface area contributed by atoms with E-state index in [-0.39, 0.29) is 18.8 Å². The second-order valence-corrected chi connectivity index (χ2v) is 3.66. The maximum Gasteiger partial charge on any atom is 0.419 e. The number of halogens is 3. The SMILES string of the molecule is C#CCCOc1ccc(CNC)cc1C(F)(F)F. The maximum absolute atomic E-state index is 12.8. The summed E-state index contributed by atoms with van der Waals surface area (Å²) in [6.07, 6.45) is 0.858. The van der Waals surface area contributed by atoms with E-state index in [1.54, 1.807) is 13.1 Å². The van der Waals surface area contributed by atoms with Crippen molar-refractivity contribution >= 4 is 0 Å². The van der Waals surface area contributed by atoms with Gasteiger partial charge in [-0.25, -0.2) is 0 Å². The summed E-state index contributed by atoms with van der Waals surface area (Å²) in [6.45, 7) is 0.443. The molecule has 0 aliphatic rings.